The average Bonchev–Trinajstić information content (AvgIpc) is 3.19. The fraction of sp³-hybridized carbons (Fsp3) is 0.333. The number of nitrogens with two attached hydrogens (primary N) is 1. The molecule has 2 fully saturated rings. The van der Waals surface area contributed by atoms with Gasteiger partial charge in [-0.25, -0.2) is 0 Å². The number of ether oxygens (including phenoxy) is 1. The maximum Gasteiger partial charge on any atom is 0.238 e. The Bertz CT molecular complexity index is 1560. The second-order valence-corrected chi connectivity index (χ2v) is 11.6. The van der Waals surface area contributed by atoms with Crippen LogP contribution in [0.2, 0.25) is 0 Å². The predicted molar refractivity (Wildman–Crippen MR) is 153 cm³/mol. The molecule has 9 heteroatoms. The molecule has 3 aromatic heterocycles. The van der Waals surface area contributed by atoms with Gasteiger partial charge in [0.2, 0.25) is 5.91 Å². The minimum absolute atomic E-state index is 0.149. The highest BCUT2D eigenvalue weighted by Gasteiger charge is 2.52. The zero-order chi connectivity index (χ0) is 26.6. The molecule has 0 unspecified atom stereocenters. The molecule has 7 rings (SSSR count). The molecule has 3 aliphatic rings. The normalized spacial score (nSPS) is 19.8. The van der Waals surface area contributed by atoms with Gasteiger partial charge in [-0.05, 0) is 42.2 Å². The predicted octanol–water partition coefficient (Wildman–Crippen LogP) is 4.03. The van der Waals surface area contributed by atoms with Crippen molar-refractivity contribution in [3.05, 3.63) is 84.2 Å². The number of rotatable bonds is 5. The number of hydrogen-bond donors (Lipinski definition) is 1. The number of carbonyl (C=O) groups excluding carboxylic acids is 1. The van der Waals surface area contributed by atoms with E-state index in [2.05, 4.69) is 33.7 Å². The number of nitrogens with zero attached hydrogens (tertiary/aromatic N) is 5. The molecule has 0 bridgehead atoms. The van der Waals surface area contributed by atoms with Gasteiger partial charge in [0, 0.05) is 48.2 Å². The van der Waals surface area contributed by atoms with Crippen LogP contribution in [-0.2, 0) is 27.0 Å². The van der Waals surface area contributed by atoms with Crippen molar-refractivity contribution in [2.75, 3.05) is 37.5 Å². The first kappa shape index (κ1) is 24.7. The molecule has 3 aliphatic heterocycles. The van der Waals surface area contributed by atoms with Crippen molar-refractivity contribution >= 4 is 34.3 Å². The lowest BCUT2D eigenvalue weighted by molar-refractivity contribution is -0.124. The fourth-order valence-electron chi connectivity index (χ4n) is 6.28. The fourth-order valence-corrected chi connectivity index (χ4v) is 6.83. The second-order valence-electron chi connectivity index (χ2n) is 10.7. The van der Waals surface area contributed by atoms with Gasteiger partial charge in [-0.2, -0.15) is 0 Å². The molecule has 198 valence electrons. The van der Waals surface area contributed by atoms with Crippen molar-refractivity contribution in [1.82, 2.24) is 19.3 Å². The third-order valence-corrected chi connectivity index (χ3v) is 9.44. The highest BCUT2D eigenvalue weighted by molar-refractivity contribution is 7.96. The third-order valence-electron chi connectivity index (χ3n) is 8.56. The van der Waals surface area contributed by atoms with Crippen molar-refractivity contribution < 1.29 is 9.53 Å². The summed E-state index contributed by atoms with van der Waals surface area (Å²) in [7, 11) is 0. The maximum absolute atomic E-state index is 14.3. The molecule has 0 atom stereocenters. The lowest BCUT2D eigenvalue weighted by atomic mass is 9.74. The van der Waals surface area contributed by atoms with Gasteiger partial charge >= 0.3 is 0 Å². The first-order chi connectivity index (χ1) is 19.0. The number of fused-ring (bicyclic) bond motifs is 3. The highest BCUT2D eigenvalue weighted by atomic mass is 32.2. The van der Waals surface area contributed by atoms with Gasteiger partial charge in [0.25, 0.3) is 0 Å². The smallest absolute Gasteiger partial charge is 0.238 e. The van der Waals surface area contributed by atoms with Gasteiger partial charge in [0.15, 0.2) is 0 Å². The molecule has 0 radical (unpaired) electrons. The van der Waals surface area contributed by atoms with E-state index < -0.39 is 11.0 Å². The van der Waals surface area contributed by atoms with E-state index in [-0.39, 0.29) is 5.91 Å². The Morgan fingerprint density at radius 3 is 2.56 bits per heavy atom. The summed E-state index contributed by atoms with van der Waals surface area (Å²) in [4.78, 5) is 30.2. The second kappa shape index (κ2) is 9.38. The largest absolute Gasteiger partial charge is 0.377 e. The number of pyridine rings is 3. The van der Waals surface area contributed by atoms with Gasteiger partial charge in [0.1, 0.15) is 5.54 Å². The molecule has 4 aromatic rings. The van der Waals surface area contributed by atoms with Crippen LogP contribution >= 0.6 is 11.9 Å². The van der Waals surface area contributed by atoms with Crippen LogP contribution in [0, 0.1) is 0 Å². The molecule has 2 saturated heterocycles. The third kappa shape index (κ3) is 3.87. The van der Waals surface area contributed by atoms with Gasteiger partial charge < -0.3 is 15.4 Å². The molecular weight excluding hydrogens is 508 g/mol. The van der Waals surface area contributed by atoms with Crippen LogP contribution in [0.3, 0.4) is 0 Å². The number of benzene rings is 1. The van der Waals surface area contributed by atoms with Crippen molar-refractivity contribution in [2.45, 2.75) is 30.3 Å². The minimum Gasteiger partial charge on any atom is -0.377 e. The molecule has 0 aliphatic carbocycles. The van der Waals surface area contributed by atoms with Gasteiger partial charge in [-0.3, -0.25) is 24.1 Å². The first-order valence-corrected chi connectivity index (χ1v) is 14.5. The van der Waals surface area contributed by atoms with Crippen LogP contribution in [0.5, 0.6) is 0 Å². The average molecular weight is 539 g/mol. The molecular formula is C30H30N6O2S. The van der Waals surface area contributed by atoms with Crippen LogP contribution in [-0.4, -0.2) is 57.7 Å². The summed E-state index contributed by atoms with van der Waals surface area (Å²) in [6.45, 7) is 3.08. The van der Waals surface area contributed by atoms with E-state index in [1.165, 1.54) is 0 Å². The summed E-state index contributed by atoms with van der Waals surface area (Å²) in [6.07, 6.45) is 11.1. The Balaban J connectivity index is 1.30. The maximum atomic E-state index is 14.3. The van der Waals surface area contributed by atoms with Crippen molar-refractivity contribution in [3.63, 3.8) is 0 Å². The summed E-state index contributed by atoms with van der Waals surface area (Å²) in [6, 6.07) is 14.3. The molecule has 1 spiro atoms. The van der Waals surface area contributed by atoms with E-state index in [0.717, 1.165) is 70.5 Å². The number of anilines is 1. The van der Waals surface area contributed by atoms with Crippen molar-refractivity contribution in [3.8, 4) is 11.1 Å². The lowest BCUT2D eigenvalue weighted by Crippen LogP contribution is -2.54. The topological polar surface area (TPSA) is 97.5 Å². The van der Waals surface area contributed by atoms with Crippen LogP contribution in [0.25, 0.3) is 21.9 Å². The van der Waals surface area contributed by atoms with E-state index >= 15 is 0 Å². The van der Waals surface area contributed by atoms with E-state index in [1.807, 2.05) is 54.0 Å². The van der Waals surface area contributed by atoms with Crippen LogP contribution in [0.1, 0.15) is 29.8 Å². The molecule has 1 aromatic carbocycles. The minimum atomic E-state index is -0.531. The standard InChI is InChI=1S/C30H30N6O2S/c1-39-35-12-9-29(10-13-35)23-8-11-32-16-25(23)36(28(29)37)17-24-27(22-5-3-2-4-20(22)14-33-24)21-6-7-26(34-15-21)30(31)18-38-19-30/h2-8,11,14-16H,9-10,12-13,17-19,31H2,1H3. The summed E-state index contributed by atoms with van der Waals surface area (Å²) >= 11 is 1.75. The van der Waals surface area contributed by atoms with Gasteiger partial charge in [0.05, 0.1) is 48.4 Å². The number of carbonyl (C=O) groups is 1. The van der Waals surface area contributed by atoms with Crippen LogP contribution in [0.4, 0.5) is 5.69 Å². The van der Waals surface area contributed by atoms with E-state index in [1.54, 1.807) is 11.9 Å². The molecule has 39 heavy (non-hydrogen) atoms. The zero-order valence-electron chi connectivity index (χ0n) is 21.8. The molecule has 6 heterocycles. The molecule has 0 saturated carbocycles. The summed E-state index contributed by atoms with van der Waals surface area (Å²) in [5, 5.41) is 2.12. The van der Waals surface area contributed by atoms with Gasteiger partial charge in [-0.1, -0.05) is 42.3 Å². The lowest BCUT2D eigenvalue weighted by Gasteiger charge is -2.37. The van der Waals surface area contributed by atoms with Crippen molar-refractivity contribution in [1.29, 1.82) is 0 Å². The van der Waals surface area contributed by atoms with Crippen LogP contribution < -0.4 is 10.6 Å². The molecule has 2 N–H and O–H groups in total. The van der Waals surface area contributed by atoms with E-state index in [0.29, 0.717) is 19.8 Å². The van der Waals surface area contributed by atoms with Crippen molar-refractivity contribution in [2.24, 2.45) is 5.73 Å². The highest BCUT2D eigenvalue weighted by Crippen LogP contribution is 2.49. The molecule has 1 amide bonds. The Morgan fingerprint density at radius 2 is 1.85 bits per heavy atom. The molecule has 8 nitrogen and oxygen atoms in total. The van der Waals surface area contributed by atoms with E-state index in [4.69, 9.17) is 20.4 Å². The number of aromatic nitrogens is 3. The quantitative estimate of drug-likeness (QED) is 0.381. The Hall–Kier alpha value is -3.37. The number of hydrogen-bond acceptors (Lipinski definition) is 8. The summed E-state index contributed by atoms with van der Waals surface area (Å²) in [5.41, 5.74) is 11.0. The van der Waals surface area contributed by atoms with Crippen LogP contribution in [0.15, 0.2) is 67.3 Å². The Labute approximate surface area is 231 Å². The SMILES string of the molecule is CSN1CCC2(CC1)C(=O)N(Cc1ncc3ccccc3c1-c1ccc(C3(N)COC3)nc1)c1cnccc12. The zero-order valence-corrected chi connectivity index (χ0v) is 22.7. The van der Waals surface area contributed by atoms with Gasteiger partial charge in [-0.15, -0.1) is 0 Å². The summed E-state index contributed by atoms with van der Waals surface area (Å²) < 4.78 is 7.67. The summed E-state index contributed by atoms with van der Waals surface area (Å²) in [5.74, 6) is 0.149. The number of amides is 1. The monoisotopic (exact) mass is 538 g/mol. The Morgan fingerprint density at radius 1 is 1.03 bits per heavy atom. The van der Waals surface area contributed by atoms with E-state index in [9.17, 15) is 4.79 Å². The number of piperidine rings is 1. The first-order valence-electron chi connectivity index (χ1n) is 13.3. The Kier molecular flexibility index (Phi) is 5.93.